The number of halogens is 1. The molecule has 0 radical (unpaired) electrons. The number of hydrogen-bond acceptors (Lipinski definition) is 4. The molecule has 5 nitrogen and oxygen atoms in total. The Hall–Kier alpha value is -2.50. The first kappa shape index (κ1) is 12.9. The molecule has 1 heterocycles. The van der Waals surface area contributed by atoms with Gasteiger partial charge in [-0.1, -0.05) is 12.1 Å². The van der Waals surface area contributed by atoms with Crippen LogP contribution in [0.5, 0.6) is 0 Å². The van der Waals surface area contributed by atoms with E-state index in [1.54, 1.807) is 12.1 Å². The van der Waals surface area contributed by atoms with Crippen molar-refractivity contribution >= 4 is 11.5 Å². The minimum Gasteiger partial charge on any atom is -0.364 e. The molecule has 98 valence electrons. The van der Waals surface area contributed by atoms with Crippen LogP contribution in [0.4, 0.5) is 15.9 Å². The highest BCUT2D eigenvalue weighted by Crippen LogP contribution is 2.19. The van der Waals surface area contributed by atoms with Gasteiger partial charge in [0.15, 0.2) is 0 Å². The maximum atomic E-state index is 12.8. The van der Waals surface area contributed by atoms with Crippen LogP contribution in [-0.2, 0) is 0 Å². The molecule has 1 aromatic heterocycles. The van der Waals surface area contributed by atoms with Crippen molar-refractivity contribution in [3.63, 3.8) is 0 Å². The number of nitrogens with zero attached hydrogens (tertiary/aromatic N) is 2. The standard InChI is InChI=1S/C13H12FN3O2/c1-9(10-2-4-11(14)5-3-10)16-13-7-6-12(8-15-13)17(18)19/h2-9H,1H3,(H,15,16)/t9-/m0/s1. The summed E-state index contributed by atoms with van der Waals surface area (Å²) >= 11 is 0. The molecule has 0 fully saturated rings. The van der Waals surface area contributed by atoms with Crippen LogP contribution in [-0.4, -0.2) is 9.91 Å². The van der Waals surface area contributed by atoms with Crippen molar-refractivity contribution in [3.8, 4) is 0 Å². The van der Waals surface area contributed by atoms with E-state index in [1.807, 2.05) is 6.92 Å². The van der Waals surface area contributed by atoms with Crippen LogP contribution in [0.3, 0.4) is 0 Å². The van der Waals surface area contributed by atoms with Gasteiger partial charge in [0.25, 0.3) is 5.69 Å². The van der Waals surface area contributed by atoms with E-state index in [4.69, 9.17) is 0 Å². The van der Waals surface area contributed by atoms with Gasteiger partial charge in [-0.25, -0.2) is 9.37 Å². The molecule has 0 bridgehead atoms. The molecule has 2 aromatic rings. The number of nitro groups is 1. The van der Waals surface area contributed by atoms with Gasteiger partial charge in [-0.05, 0) is 30.7 Å². The highest BCUT2D eigenvalue weighted by atomic mass is 19.1. The summed E-state index contributed by atoms with van der Waals surface area (Å²) in [5, 5.41) is 13.6. The molecule has 0 aliphatic rings. The van der Waals surface area contributed by atoms with Crippen molar-refractivity contribution in [3.05, 3.63) is 64.1 Å². The van der Waals surface area contributed by atoms with Crippen molar-refractivity contribution in [1.29, 1.82) is 0 Å². The Morgan fingerprint density at radius 1 is 1.26 bits per heavy atom. The summed E-state index contributed by atoms with van der Waals surface area (Å²) < 4.78 is 12.8. The molecule has 0 saturated carbocycles. The molecule has 2 rings (SSSR count). The SMILES string of the molecule is C[C@H](Nc1ccc([N+](=O)[O-])cn1)c1ccc(F)cc1. The van der Waals surface area contributed by atoms with Crippen LogP contribution >= 0.6 is 0 Å². The molecule has 0 amide bonds. The molecule has 1 atom stereocenters. The van der Waals surface area contributed by atoms with Crippen molar-refractivity contribution in [1.82, 2.24) is 4.98 Å². The van der Waals surface area contributed by atoms with Crippen LogP contribution in [0.25, 0.3) is 0 Å². The van der Waals surface area contributed by atoms with Crippen LogP contribution in [0.15, 0.2) is 42.6 Å². The van der Waals surface area contributed by atoms with E-state index in [1.165, 1.54) is 30.5 Å². The molecule has 0 spiro atoms. The van der Waals surface area contributed by atoms with E-state index in [0.29, 0.717) is 5.82 Å². The summed E-state index contributed by atoms with van der Waals surface area (Å²) in [6, 6.07) is 8.98. The van der Waals surface area contributed by atoms with E-state index in [2.05, 4.69) is 10.3 Å². The Kier molecular flexibility index (Phi) is 3.70. The van der Waals surface area contributed by atoms with E-state index in [9.17, 15) is 14.5 Å². The Bertz CT molecular complexity index is 569. The average Bonchev–Trinajstić information content (AvgIpc) is 2.40. The second-order valence-corrected chi connectivity index (χ2v) is 4.08. The third-order valence-electron chi connectivity index (χ3n) is 2.69. The Labute approximate surface area is 109 Å². The molecular weight excluding hydrogens is 249 g/mol. The number of aromatic nitrogens is 1. The second-order valence-electron chi connectivity index (χ2n) is 4.08. The summed E-state index contributed by atoms with van der Waals surface area (Å²) in [5.74, 6) is 0.242. The van der Waals surface area contributed by atoms with Crippen molar-refractivity contribution in [2.45, 2.75) is 13.0 Å². The third kappa shape index (κ3) is 3.25. The largest absolute Gasteiger partial charge is 0.364 e. The summed E-state index contributed by atoms with van der Waals surface area (Å²) in [5.41, 5.74) is 0.849. The lowest BCUT2D eigenvalue weighted by Gasteiger charge is -2.14. The zero-order chi connectivity index (χ0) is 13.8. The van der Waals surface area contributed by atoms with E-state index < -0.39 is 4.92 Å². The lowest BCUT2D eigenvalue weighted by Crippen LogP contribution is -2.07. The van der Waals surface area contributed by atoms with Crippen molar-refractivity contribution in [2.24, 2.45) is 0 Å². The Balaban J connectivity index is 2.08. The maximum absolute atomic E-state index is 12.8. The predicted molar refractivity (Wildman–Crippen MR) is 69.3 cm³/mol. The van der Waals surface area contributed by atoms with Crippen LogP contribution in [0.1, 0.15) is 18.5 Å². The number of hydrogen-bond donors (Lipinski definition) is 1. The molecule has 0 aliphatic heterocycles. The number of anilines is 1. The average molecular weight is 261 g/mol. The molecule has 0 aliphatic carbocycles. The number of rotatable bonds is 4. The van der Waals surface area contributed by atoms with Gasteiger partial charge >= 0.3 is 0 Å². The highest BCUT2D eigenvalue weighted by molar-refractivity contribution is 5.42. The fourth-order valence-electron chi connectivity index (χ4n) is 1.64. The maximum Gasteiger partial charge on any atom is 0.287 e. The minimum atomic E-state index is -0.500. The van der Waals surface area contributed by atoms with E-state index in [0.717, 1.165) is 5.56 Å². The number of nitrogens with one attached hydrogen (secondary N) is 1. The Morgan fingerprint density at radius 2 is 1.95 bits per heavy atom. The lowest BCUT2D eigenvalue weighted by molar-refractivity contribution is -0.385. The minimum absolute atomic E-state index is 0.0556. The summed E-state index contributed by atoms with van der Waals surface area (Å²) in [6.07, 6.45) is 1.19. The second kappa shape index (κ2) is 5.43. The lowest BCUT2D eigenvalue weighted by atomic mass is 10.1. The quantitative estimate of drug-likeness (QED) is 0.677. The van der Waals surface area contributed by atoms with Gasteiger partial charge in [-0.3, -0.25) is 10.1 Å². The zero-order valence-corrected chi connectivity index (χ0v) is 10.2. The molecule has 1 N–H and O–H groups in total. The topological polar surface area (TPSA) is 68.1 Å². The monoisotopic (exact) mass is 261 g/mol. The third-order valence-corrected chi connectivity index (χ3v) is 2.69. The van der Waals surface area contributed by atoms with Crippen LogP contribution in [0.2, 0.25) is 0 Å². The van der Waals surface area contributed by atoms with Gasteiger partial charge in [0.1, 0.15) is 17.8 Å². The van der Waals surface area contributed by atoms with Gasteiger partial charge in [0.2, 0.25) is 0 Å². The number of benzene rings is 1. The highest BCUT2D eigenvalue weighted by Gasteiger charge is 2.08. The zero-order valence-electron chi connectivity index (χ0n) is 10.2. The molecule has 1 aromatic carbocycles. The number of pyridine rings is 1. The van der Waals surface area contributed by atoms with Gasteiger partial charge in [0, 0.05) is 12.1 Å². The van der Waals surface area contributed by atoms with Crippen molar-refractivity contribution < 1.29 is 9.31 Å². The van der Waals surface area contributed by atoms with Crippen LogP contribution < -0.4 is 5.32 Å². The molecule has 6 heteroatoms. The first-order chi connectivity index (χ1) is 9.06. The van der Waals surface area contributed by atoms with Gasteiger partial charge in [-0.15, -0.1) is 0 Å². The normalized spacial score (nSPS) is 11.9. The Morgan fingerprint density at radius 3 is 2.47 bits per heavy atom. The summed E-state index contributed by atoms with van der Waals surface area (Å²) in [4.78, 5) is 14.0. The first-order valence-electron chi connectivity index (χ1n) is 5.68. The predicted octanol–water partition coefficient (Wildman–Crippen LogP) is 3.30. The molecule has 0 saturated heterocycles. The fourth-order valence-corrected chi connectivity index (χ4v) is 1.64. The van der Waals surface area contributed by atoms with E-state index >= 15 is 0 Å². The molecular formula is C13H12FN3O2. The first-order valence-corrected chi connectivity index (χ1v) is 5.68. The van der Waals surface area contributed by atoms with Gasteiger partial charge in [0.05, 0.1) is 4.92 Å². The summed E-state index contributed by atoms with van der Waals surface area (Å²) in [7, 11) is 0. The molecule has 0 unspecified atom stereocenters. The smallest absolute Gasteiger partial charge is 0.287 e. The fraction of sp³-hybridized carbons (Fsp3) is 0.154. The van der Waals surface area contributed by atoms with Crippen LogP contribution in [0, 0.1) is 15.9 Å². The van der Waals surface area contributed by atoms with Gasteiger partial charge in [-0.2, -0.15) is 0 Å². The molecule has 19 heavy (non-hydrogen) atoms. The van der Waals surface area contributed by atoms with E-state index in [-0.39, 0.29) is 17.5 Å². The van der Waals surface area contributed by atoms with Gasteiger partial charge < -0.3 is 5.32 Å². The summed E-state index contributed by atoms with van der Waals surface area (Å²) in [6.45, 7) is 1.90. The van der Waals surface area contributed by atoms with Crippen molar-refractivity contribution in [2.75, 3.05) is 5.32 Å².